The van der Waals surface area contributed by atoms with Gasteiger partial charge in [0.2, 0.25) is 0 Å². The first-order valence-corrected chi connectivity index (χ1v) is 7.58. The van der Waals surface area contributed by atoms with E-state index in [9.17, 15) is 27.6 Å². The van der Waals surface area contributed by atoms with E-state index in [1.165, 1.54) is 6.92 Å². The van der Waals surface area contributed by atoms with Gasteiger partial charge in [-0.1, -0.05) is 36.4 Å². The summed E-state index contributed by atoms with van der Waals surface area (Å²) in [4.78, 5) is 37.7. The highest BCUT2D eigenvalue weighted by atomic mass is 19.4. The Morgan fingerprint density at radius 3 is 1.96 bits per heavy atom. The lowest BCUT2D eigenvalue weighted by atomic mass is 9.71. The van der Waals surface area contributed by atoms with Crippen LogP contribution in [0, 0.1) is 11.8 Å². The minimum absolute atomic E-state index is 0.0519. The Kier molecular flexibility index (Phi) is 4.06. The molecule has 2 unspecified atom stereocenters. The van der Waals surface area contributed by atoms with Crippen molar-refractivity contribution in [3.8, 4) is 0 Å². The number of benzene rings is 1. The summed E-state index contributed by atoms with van der Waals surface area (Å²) in [6, 6.07) is 3.60. The normalized spacial score (nSPS) is 23.0. The van der Waals surface area contributed by atoms with Crippen molar-refractivity contribution in [2.75, 3.05) is 0 Å². The number of allylic oxidation sites excluding steroid dienone is 6. The molecular weight excluding hydrogens is 333 g/mol. The molecule has 0 saturated heterocycles. The second kappa shape index (κ2) is 5.95. The molecule has 0 aromatic heterocycles. The summed E-state index contributed by atoms with van der Waals surface area (Å²) in [6.07, 6.45) is 1.97. The third-order valence-corrected chi connectivity index (χ3v) is 4.43. The van der Waals surface area contributed by atoms with Crippen LogP contribution in [-0.2, 0) is 15.8 Å². The van der Waals surface area contributed by atoms with Gasteiger partial charge in [0.15, 0.2) is 17.3 Å². The van der Waals surface area contributed by atoms with Crippen LogP contribution in [0.1, 0.15) is 22.8 Å². The highest BCUT2D eigenvalue weighted by molar-refractivity contribution is 6.33. The van der Waals surface area contributed by atoms with Gasteiger partial charge < -0.3 is 0 Å². The minimum atomic E-state index is -4.51. The van der Waals surface area contributed by atoms with Gasteiger partial charge in [-0.05, 0) is 19.1 Å². The zero-order chi connectivity index (χ0) is 18.4. The SMILES string of the molecule is CC1=C(C(=O)c2ccc(C(F)(F)F)cc2)C(=O)C2C=CC=CC2C1=O. The second-order valence-electron chi connectivity index (χ2n) is 5.95. The smallest absolute Gasteiger partial charge is 0.294 e. The maximum atomic E-state index is 12.7. The number of carbonyl (C=O) groups excluding carboxylic acids is 3. The molecule has 2 aliphatic rings. The van der Waals surface area contributed by atoms with E-state index in [2.05, 4.69) is 0 Å². The van der Waals surface area contributed by atoms with Gasteiger partial charge in [0, 0.05) is 11.1 Å². The average molecular weight is 346 g/mol. The summed E-state index contributed by atoms with van der Waals surface area (Å²) >= 11 is 0. The van der Waals surface area contributed by atoms with Gasteiger partial charge in [-0.25, -0.2) is 0 Å². The van der Waals surface area contributed by atoms with E-state index < -0.39 is 35.1 Å². The highest BCUT2D eigenvalue weighted by Crippen LogP contribution is 2.35. The van der Waals surface area contributed by atoms with Crippen LogP contribution in [0.3, 0.4) is 0 Å². The molecule has 3 nitrogen and oxygen atoms in total. The summed E-state index contributed by atoms with van der Waals surface area (Å²) < 4.78 is 37.9. The summed E-state index contributed by atoms with van der Waals surface area (Å²) in [5, 5.41) is 0. The highest BCUT2D eigenvalue weighted by Gasteiger charge is 2.42. The Hall–Kier alpha value is -2.76. The zero-order valence-electron chi connectivity index (χ0n) is 13.1. The van der Waals surface area contributed by atoms with Crippen LogP contribution in [0.5, 0.6) is 0 Å². The largest absolute Gasteiger partial charge is 0.416 e. The Balaban J connectivity index is 2.00. The molecular formula is C19H13F3O3. The Morgan fingerprint density at radius 2 is 1.44 bits per heavy atom. The van der Waals surface area contributed by atoms with Gasteiger partial charge in [-0.15, -0.1) is 0 Å². The van der Waals surface area contributed by atoms with E-state index in [-0.39, 0.29) is 22.5 Å². The monoisotopic (exact) mass is 346 g/mol. The lowest BCUT2D eigenvalue weighted by Crippen LogP contribution is -2.38. The van der Waals surface area contributed by atoms with E-state index >= 15 is 0 Å². The topological polar surface area (TPSA) is 51.2 Å². The molecule has 2 atom stereocenters. The summed E-state index contributed by atoms with van der Waals surface area (Å²) in [5.41, 5.74) is -1.14. The van der Waals surface area contributed by atoms with E-state index in [1.807, 2.05) is 0 Å². The molecule has 3 rings (SSSR count). The first-order chi connectivity index (χ1) is 11.7. The molecule has 0 fully saturated rings. The van der Waals surface area contributed by atoms with E-state index in [0.717, 1.165) is 24.3 Å². The van der Waals surface area contributed by atoms with Crippen molar-refractivity contribution < 1.29 is 27.6 Å². The van der Waals surface area contributed by atoms with Crippen LogP contribution >= 0.6 is 0 Å². The van der Waals surface area contributed by atoms with Crippen molar-refractivity contribution in [2.24, 2.45) is 11.8 Å². The quantitative estimate of drug-likeness (QED) is 0.606. The maximum Gasteiger partial charge on any atom is 0.416 e. The number of halogens is 3. The minimum Gasteiger partial charge on any atom is -0.294 e. The molecule has 0 amide bonds. The van der Waals surface area contributed by atoms with E-state index in [1.54, 1.807) is 24.3 Å². The van der Waals surface area contributed by atoms with Crippen molar-refractivity contribution in [3.63, 3.8) is 0 Å². The number of fused-ring (bicyclic) bond motifs is 1. The fraction of sp³-hybridized carbons (Fsp3) is 0.211. The van der Waals surface area contributed by atoms with E-state index in [4.69, 9.17) is 0 Å². The van der Waals surface area contributed by atoms with Gasteiger partial charge in [-0.2, -0.15) is 13.2 Å². The van der Waals surface area contributed by atoms with Crippen molar-refractivity contribution in [3.05, 3.63) is 70.8 Å². The van der Waals surface area contributed by atoms with Crippen LogP contribution in [0.25, 0.3) is 0 Å². The van der Waals surface area contributed by atoms with Crippen LogP contribution < -0.4 is 0 Å². The number of carbonyl (C=O) groups is 3. The van der Waals surface area contributed by atoms with Crippen LogP contribution in [0.4, 0.5) is 13.2 Å². The molecule has 0 bridgehead atoms. The van der Waals surface area contributed by atoms with Gasteiger partial charge in [0.05, 0.1) is 23.0 Å². The molecule has 1 aromatic rings. The maximum absolute atomic E-state index is 12.7. The molecule has 128 valence electrons. The van der Waals surface area contributed by atoms with Crippen LogP contribution in [0.2, 0.25) is 0 Å². The summed E-state index contributed by atoms with van der Waals surface area (Å²) in [5.74, 6) is -2.89. The molecule has 0 N–H and O–H groups in total. The summed E-state index contributed by atoms with van der Waals surface area (Å²) in [6.45, 7) is 1.40. The Morgan fingerprint density at radius 1 is 0.920 bits per heavy atom. The zero-order valence-corrected chi connectivity index (χ0v) is 13.1. The average Bonchev–Trinajstić information content (AvgIpc) is 2.59. The predicted octanol–water partition coefficient (Wildman–Crippen LogP) is 3.71. The van der Waals surface area contributed by atoms with Crippen molar-refractivity contribution >= 4 is 17.3 Å². The third-order valence-electron chi connectivity index (χ3n) is 4.43. The van der Waals surface area contributed by atoms with Crippen LogP contribution in [0.15, 0.2) is 59.7 Å². The molecule has 25 heavy (non-hydrogen) atoms. The first-order valence-electron chi connectivity index (χ1n) is 7.58. The van der Waals surface area contributed by atoms with Gasteiger partial charge in [0.1, 0.15) is 0 Å². The van der Waals surface area contributed by atoms with Gasteiger partial charge in [-0.3, -0.25) is 14.4 Å². The molecule has 0 radical (unpaired) electrons. The van der Waals surface area contributed by atoms with Crippen LogP contribution in [-0.4, -0.2) is 17.3 Å². The molecule has 2 aliphatic carbocycles. The number of hydrogen-bond donors (Lipinski definition) is 0. The second-order valence-corrected chi connectivity index (χ2v) is 5.95. The number of hydrogen-bond acceptors (Lipinski definition) is 3. The standard InChI is InChI=1S/C19H13F3O3/c1-10-15(18(25)14-5-3-2-4-13(14)16(10)23)17(24)11-6-8-12(9-7-11)19(20,21)22/h2-9,13-14H,1H3. The van der Waals surface area contributed by atoms with Gasteiger partial charge >= 0.3 is 6.18 Å². The molecule has 6 heteroatoms. The fourth-order valence-electron chi connectivity index (χ4n) is 3.07. The molecule has 1 aromatic carbocycles. The van der Waals surface area contributed by atoms with Crippen molar-refractivity contribution in [2.45, 2.75) is 13.1 Å². The Bertz CT molecular complexity index is 855. The lowest BCUT2D eigenvalue weighted by Gasteiger charge is -2.28. The molecule has 0 aliphatic heterocycles. The first kappa shape index (κ1) is 17.1. The molecule has 0 heterocycles. The van der Waals surface area contributed by atoms with Gasteiger partial charge in [0.25, 0.3) is 0 Å². The Labute approximate surface area is 141 Å². The third kappa shape index (κ3) is 2.88. The number of Topliss-reactive ketones (excluding diaryl/α,β-unsaturated/α-hetero) is 3. The predicted molar refractivity (Wildman–Crippen MR) is 83.7 cm³/mol. The lowest BCUT2D eigenvalue weighted by molar-refractivity contribution is -0.137. The summed E-state index contributed by atoms with van der Waals surface area (Å²) in [7, 11) is 0. The number of ketones is 3. The van der Waals surface area contributed by atoms with Crippen molar-refractivity contribution in [1.29, 1.82) is 0 Å². The number of alkyl halides is 3. The number of rotatable bonds is 2. The fourth-order valence-corrected chi connectivity index (χ4v) is 3.07. The molecule has 0 spiro atoms. The van der Waals surface area contributed by atoms with Crippen molar-refractivity contribution in [1.82, 2.24) is 0 Å². The molecule has 0 saturated carbocycles. The van der Waals surface area contributed by atoms with E-state index in [0.29, 0.717) is 0 Å².